The molecule has 2 rings (SSSR count). The molecule has 22 heavy (non-hydrogen) atoms. The number of carbonyl (C=O) groups excluding carboxylic acids is 1. The number of carbonyl (C=O) groups is 1. The Kier molecular flexibility index (Phi) is 5.79. The van der Waals surface area contributed by atoms with E-state index in [0.717, 1.165) is 17.7 Å². The molecular formula is C15H20N4OS2. The zero-order valence-electron chi connectivity index (χ0n) is 12.9. The Morgan fingerprint density at radius 3 is 2.73 bits per heavy atom. The van der Waals surface area contributed by atoms with Gasteiger partial charge >= 0.3 is 0 Å². The molecule has 0 saturated carbocycles. The number of nitrogens with one attached hydrogen (secondary N) is 1. The van der Waals surface area contributed by atoms with Crippen LogP contribution in [0.25, 0.3) is 0 Å². The first-order valence-corrected chi connectivity index (χ1v) is 8.86. The topological polar surface area (TPSA) is 80.9 Å². The van der Waals surface area contributed by atoms with Gasteiger partial charge in [0.15, 0.2) is 4.34 Å². The van der Waals surface area contributed by atoms with Crippen molar-refractivity contribution in [2.45, 2.75) is 42.7 Å². The molecule has 2 unspecified atom stereocenters. The fraction of sp³-hybridized carbons (Fsp3) is 0.400. The molecule has 0 saturated heterocycles. The summed E-state index contributed by atoms with van der Waals surface area (Å²) in [5.41, 5.74) is 7.60. The Morgan fingerprint density at radius 1 is 1.36 bits per heavy atom. The van der Waals surface area contributed by atoms with Gasteiger partial charge in [-0.25, -0.2) is 0 Å². The molecule has 1 aromatic carbocycles. The van der Waals surface area contributed by atoms with Crippen molar-refractivity contribution in [3.8, 4) is 0 Å². The van der Waals surface area contributed by atoms with Crippen molar-refractivity contribution in [3.05, 3.63) is 29.8 Å². The third-order valence-corrected chi connectivity index (χ3v) is 5.37. The molecule has 0 fully saturated rings. The lowest BCUT2D eigenvalue weighted by molar-refractivity contribution is -0.115. The first kappa shape index (κ1) is 16.8. The van der Waals surface area contributed by atoms with Gasteiger partial charge in [0.05, 0.1) is 5.25 Å². The molecule has 0 radical (unpaired) electrons. The minimum Gasteiger partial charge on any atom is -0.374 e. The Morgan fingerprint density at radius 2 is 2.09 bits per heavy atom. The maximum absolute atomic E-state index is 12.4. The summed E-state index contributed by atoms with van der Waals surface area (Å²) < 4.78 is 0.704. The van der Waals surface area contributed by atoms with E-state index >= 15 is 0 Å². The summed E-state index contributed by atoms with van der Waals surface area (Å²) in [5.74, 6) is 0.358. The second-order valence-corrected chi connectivity index (χ2v) is 7.65. The minimum absolute atomic E-state index is 0.0467. The van der Waals surface area contributed by atoms with Crippen LogP contribution in [0.4, 0.5) is 10.8 Å². The highest BCUT2D eigenvalue weighted by atomic mass is 32.2. The second kappa shape index (κ2) is 7.60. The van der Waals surface area contributed by atoms with E-state index < -0.39 is 0 Å². The fourth-order valence-electron chi connectivity index (χ4n) is 1.97. The maximum Gasteiger partial charge on any atom is 0.237 e. The van der Waals surface area contributed by atoms with Crippen LogP contribution in [0.1, 0.15) is 38.7 Å². The van der Waals surface area contributed by atoms with Gasteiger partial charge in [0.1, 0.15) is 0 Å². The number of benzene rings is 1. The molecule has 7 heteroatoms. The molecule has 0 bridgehead atoms. The largest absolute Gasteiger partial charge is 0.374 e. The number of nitrogen functional groups attached to an aromatic ring is 1. The maximum atomic E-state index is 12.4. The van der Waals surface area contributed by atoms with Gasteiger partial charge < -0.3 is 11.1 Å². The molecule has 1 amide bonds. The lowest BCUT2D eigenvalue weighted by Gasteiger charge is -2.17. The monoisotopic (exact) mass is 336 g/mol. The smallest absolute Gasteiger partial charge is 0.237 e. The van der Waals surface area contributed by atoms with Gasteiger partial charge in [-0.1, -0.05) is 55.1 Å². The van der Waals surface area contributed by atoms with Crippen molar-refractivity contribution < 1.29 is 4.79 Å². The van der Waals surface area contributed by atoms with Crippen LogP contribution in [-0.4, -0.2) is 21.4 Å². The van der Waals surface area contributed by atoms with Gasteiger partial charge in [0.25, 0.3) is 0 Å². The SMILES string of the molecule is CCC(C)c1ccccc1NC(=O)C(C)Sc1nnc(N)s1. The van der Waals surface area contributed by atoms with Crippen molar-refractivity contribution in [1.29, 1.82) is 0 Å². The molecule has 0 spiro atoms. The number of hydrogen-bond donors (Lipinski definition) is 2. The Hall–Kier alpha value is -1.60. The van der Waals surface area contributed by atoms with Crippen LogP contribution in [0.2, 0.25) is 0 Å². The van der Waals surface area contributed by atoms with E-state index in [1.165, 1.54) is 23.1 Å². The van der Waals surface area contributed by atoms with Crippen LogP contribution in [0, 0.1) is 0 Å². The van der Waals surface area contributed by atoms with Crippen LogP contribution in [0.3, 0.4) is 0 Å². The number of nitrogens with zero attached hydrogens (tertiary/aromatic N) is 2. The Bertz CT molecular complexity index is 644. The molecule has 0 aliphatic heterocycles. The van der Waals surface area contributed by atoms with E-state index in [1.807, 2.05) is 25.1 Å². The number of para-hydroxylation sites is 1. The number of nitrogens with two attached hydrogens (primary N) is 1. The summed E-state index contributed by atoms with van der Waals surface area (Å²) >= 11 is 2.65. The van der Waals surface area contributed by atoms with Gasteiger partial charge in [-0.05, 0) is 30.9 Å². The number of rotatable bonds is 6. The summed E-state index contributed by atoms with van der Waals surface area (Å²) in [7, 11) is 0. The molecule has 1 aromatic heterocycles. The van der Waals surface area contributed by atoms with E-state index in [1.54, 1.807) is 0 Å². The predicted octanol–water partition coefficient (Wildman–Crippen LogP) is 3.75. The first-order valence-electron chi connectivity index (χ1n) is 7.16. The molecule has 2 atom stereocenters. The number of anilines is 2. The lowest BCUT2D eigenvalue weighted by Crippen LogP contribution is -2.23. The molecular weight excluding hydrogens is 316 g/mol. The highest BCUT2D eigenvalue weighted by Crippen LogP contribution is 2.30. The summed E-state index contributed by atoms with van der Waals surface area (Å²) in [4.78, 5) is 12.4. The van der Waals surface area contributed by atoms with Crippen molar-refractivity contribution >= 4 is 39.8 Å². The van der Waals surface area contributed by atoms with Crippen molar-refractivity contribution in [2.75, 3.05) is 11.1 Å². The van der Waals surface area contributed by atoms with Crippen molar-refractivity contribution in [3.63, 3.8) is 0 Å². The quantitative estimate of drug-likeness (QED) is 0.785. The van der Waals surface area contributed by atoms with E-state index in [4.69, 9.17) is 5.73 Å². The highest BCUT2D eigenvalue weighted by Gasteiger charge is 2.18. The highest BCUT2D eigenvalue weighted by molar-refractivity contribution is 8.02. The van der Waals surface area contributed by atoms with E-state index in [-0.39, 0.29) is 11.2 Å². The predicted molar refractivity (Wildman–Crippen MR) is 93.4 cm³/mol. The van der Waals surface area contributed by atoms with Gasteiger partial charge in [-0.3, -0.25) is 4.79 Å². The van der Waals surface area contributed by atoms with Crippen LogP contribution in [-0.2, 0) is 4.79 Å². The van der Waals surface area contributed by atoms with Gasteiger partial charge in [0.2, 0.25) is 11.0 Å². The van der Waals surface area contributed by atoms with Gasteiger partial charge in [-0.15, -0.1) is 10.2 Å². The zero-order valence-corrected chi connectivity index (χ0v) is 14.5. The zero-order chi connectivity index (χ0) is 16.1. The first-order chi connectivity index (χ1) is 10.5. The van der Waals surface area contributed by atoms with Crippen LogP contribution in [0.5, 0.6) is 0 Å². The summed E-state index contributed by atoms with van der Waals surface area (Å²) in [5, 5.41) is 10.9. The third kappa shape index (κ3) is 4.20. The second-order valence-electron chi connectivity index (χ2n) is 5.05. The third-order valence-electron chi connectivity index (χ3n) is 3.43. The summed E-state index contributed by atoms with van der Waals surface area (Å²) in [6.07, 6.45) is 1.03. The number of thioether (sulfide) groups is 1. The lowest BCUT2D eigenvalue weighted by atomic mass is 9.97. The van der Waals surface area contributed by atoms with E-state index in [9.17, 15) is 4.79 Å². The molecule has 118 valence electrons. The molecule has 0 aliphatic rings. The number of amides is 1. The average Bonchev–Trinajstić information content (AvgIpc) is 2.92. The van der Waals surface area contributed by atoms with E-state index in [2.05, 4.69) is 35.4 Å². The van der Waals surface area contributed by atoms with Crippen molar-refractivity contribution in [1.82, 2.24) is 10.2 Å². The summed E-state index contributed by atoms with van der Waals surface area (Å²) in [6.45, 7) is 6.15. The molecule has 5 nitrogen and oxygen atoms in total. The Balaban J connectivity index is 2.05. The van der Waals surface area contributed by atoms with Crippen LogP contribution < -0.4 is 11.1 Å². The molecule has 0 aliphatic carbocycles. The molecule has 3 N–H and O–H groups in total. The van der Waals surface area contributed by atoms with E-state index in [0.29, 0.717) is 15.4 Å². The van der Waals surface area contributed by atoms with Gasteiger partial charge in [0, 0.05) is 5.69 Å². The summed E-state index contributed by atoms with van der Waals surface area (Å²) in [6, 6.07) is 7.94. The molecule has 2 aromatic rings. The van der Waals surface area contributed by atoms with Crippen molar-refractivity contribution in [2.24, 2.45) is 0 Å². The molecule has 1 heterocycles. The number of aromatic nitrogens is 2. The van der Waals surface area contributed by atoms with Crippen LogP contribution in [0.15, 0.2) is 28.6 Å². The van der Waals surface area contributed by atoms with Gasteiger partial charge in [-0.2, -0.15) is 0 Å². The minimum atomic E-state index is -0.266. The van der Waals surface area contributed by atoms with Crippen LogP contribution >= 0.6 is 23.1 Å². The Labute approximate surface area is 138 Å². The number of hydrogen-bond acceptors (Lipinski definition) is 6. The fourth-order valence-corrected chi connectivity index (χ4v) is 3.75. The standard InChI is InChI=1S/C15H20N4OS2/c1-4-9(2)11-7-5-6-8-12(11)17-13(20)10(3)21-15-19-18-14(16)22-15/h5-10H,4H2,1-3H3,(H2,16,18)(H,17,20). The normalized spacial score (nSPS) is 13.6. The average molecular weight is 336 g/mol.